The molecule has 3 aromatic carbocycles. The number of amides is 2. The summed E-state index contributed by atoms with van der Waals surface area (Å²) in [6.45, 7) is 0.583. The summed E-state index contributed by atoms with van der Waals surface area (Å²) in [5, 5.41) is 7.87. The minimum atomic E-state index is -0.604. The first-order valence-electron chi connectivity index (χ1n) is 9.48. The molecule has 0 aliphatic rings. The lowest BCUT2D eigenvalue weighted by molar-refractivity contribution is 0.256. The summed E-state index contributed by atoms with van der Waals surface area (Å²) in [7, 11) is 0. The van der Waals surface area contributed by atoms with Crippen LogP contribution in [0.5, 0.6) is 0 Å². The first-order chi connectivity index (χ1) is 14.5. The summed E-state index contributed by atoms with van der Waals surface area (Å²) in [5.41, 5.74) is 29.2. The highest BCUT2D eigenvalue weighted by atomic mass is 16.2. The topological polar surface area (TPSA) is 153 Å². The summed E-state index contributed by atoms with van der Waals surface area (Å²) in [6.07, 6.45) is 0. The zero-order valence-corrected chi connectivity index (χ0v) is 16.3. The van der Waals surface area contributed by atoms with E-state index in [1.54, 1.807) is 0 Å². The van der Waals surface area contributed by atoms with Crippen LogP contribution in [0.4, 0.5) is 22.0 Å². The van der Waals surface area contributed by atoms with E-state index in [1.165, 1.54) is 4.90 Å². The number of primary amides is 1. The third-order valence-electron chi connectivity index (χ3n) is 5.09. The smallest absolute Gasteiger partial charge is 0.323 e. The van der Waals surface area contributed by atoms with Crippen LogP contribution in [0.25, 0.3) is 22.0 Å². The van der Waals surface area contributed by atoms with E-state index in [9.17, 15) is 4.79 Å². The normalized spacial score (nSPS) is 11.0. The Morgan fingerprint density at radius 1 is 1.00 bits per heavy atom. The molecule has 0 radical (unpaired) electrons. The predicted molar refractivity (Wildman–Crippen MR) is 120 cm³/mol. The number of carbonyl (C=O) groups is 1. The molecule has 0 bridgehead atoms. The van der Waals surface area contributed by atoms with Crippen molar-refractivity contribution in [2.24, 2.45) is 17.2 Å². The molecule has 0 spiro atoms. The molecule has 0 saturated heterocycles. The number of H-pyrrole nitrogens is 1. The molecule has 30 heavy (non-hydrogen) atoms. The molecule has 0 saturated carbocycles. The molecule has 2 amide bonds. The van der Waals surface area contributed by atoms with Crippen molar-refractivity contribution in [3.63, 3.8) is 0 Å². The molecule has 1 aromatic heterocycles. The second-order valence-electron chi connectivity index (χ2n) is 6.93. The second-order valence-corrected chi connectivity index (χ2v) is 6.93. The number of fused-ring (bicyclic) bond motifs is 1. The van der Waals surface area contributed by atoms with E-state index in [4.69, 9.17) is 22.9 Å². The molecule has 0 unspecified atom stereocenters. The molecule has 152 valence electrons. The Morgan fingerprint density at radius 2 is 1.80 bits per heavy atom. The van der Waals surface area contributed by atoms with Crippen molar-refractivity contribution < 1.29 is 4.79 Å². The third kappa shape index (κ3) is 3.34. The fraction of sp³-hybridized carbons (Fsp3) is 0.0909. The van der Waals surface area contributed by atoms with E-state index in [0.29, 0.717) is 23.7 Å². The Balaban J connectivity index is 1.85. The predicted octanol–water partition coefficient (Wildman–Crippen LogP) is 2.95. The van der Waals surface area contributed by atoms with Crippen LogP contribution in [0.15, 0.2) is 60.7 Å². The average molecular weight is 401 g/mol. The molecule has 0 fully saturated rings. The summed E-state index contributed by atoms with van der Waals surface area (Å²) in [4.78, 5) is 13.8. The lowest BCUT2D eigenvalue weighted by atomic mass is 9.98. The quantitative estimate of drug-likeness (QED) is 0.348. The number of nitrogens with one attached hydrogen (secondary N) is 1. The van der Waals surface area contributed by atoms with Gasteiger partial charge >= 0.3 is 6.03 Å². The van der Waals surface area contributed by atoms with Gasteiger partial charge in [0, 0.05) is 13.1 Å². The van der Waals surface area contributed by atoms with Gasteiger partial charge in [0.15, 0.2) is 5.82 Å². The number of hydrogen-bond acceptors (Lipinski definition) is 5. The lowest BCUT2D eigenvalue weighted by Gasteiger charge is -2.24. The maximum atomic E-state index is 12.4. The van der Waals surface area contributed by atoms with E-state index >= 15 is 0 Å². The number of aromatic amines is 1. The van der Waals surface area contributed by atoms with Crippen LogP contribution in [0.1, 0.15) is 11.1 Å². The number of nitrogen functional groups attached to an aromatic ring is 1. The van der Waals surface area contributed by atoms with Gasteiger partial charge in [0.1, 0.15) is 0 Å². The minimum absolute atomic E-state index is 0.223. The van der Waals surface area contributed by atoms with Crippen LogP contribution in [-0.4, -0.2) is 16.2 Å². The number of benzene rings is 3. The Morgan fingerprint density at radius 3 is 2.53 bits per heavy atom. The molecule has 8 heteroatoms. The molecule has 4 rings (SSSR count). The van der Waals surface area contributed by atoms with Gasteiger partial charge in [0.2, 0.25) is 0 Å². The van der Waals surface area contributed by atoms with Gasteiger partial charge < -0.3 is 22.9 Å². The Labute approximate surface area is 173 Å². The van der Waals surface area contributed by atoms with Crippen molar-refractivity contribution >= 4 is 34.1 Å². The molecule has 0 aliphatic carbocycles. The average Bonchev–Trinajstić information content (AvgIpc) is 3.15. The van der Waals surface area contributed by atoms with Crippen molar-refractivity contribution in [3.8, 4) is 11.1 Å². The van der Waals surface area contributed by atoms with Crippen LogP contribution in [0.2, 0.25) is 0 Å². The first kappa shape index (κ1) is 19.4. The number of anilines is 3. The largest absolute Gasteiger partial charge is 0.382 e. The van der Waals surface area contributed by atoms with Crippen LogP contribution in [0.3, 0.4) is 0 Å². The Kier molecular flexibility index (Phi) is 5.09. The van der Waals surface area contributed by atoms with E-state index < -0.39 is 6.03 Å². The van der Waals surface area contributed by atoms with E-state index in [1.807, 2.05) is 60.7 Å². The molecular weight excluding hydrogens is 378 g/mol. The molecule has 0 aliphatic heterocycles. The fourth-order valence-electron chi connectivity index (χ4n) is 3.68. The highest BCUT2D eigenvalue weighted by Crippen LogP contribution is 2.36. The van der Waals surface area contributed by atoms with Crippen LogP contribution < -0.4 is 27.8 Å². The fourth-order valence-corrected chi connectivity index (χ4v) is 3.68. The number of nitrogens with two attached hydrogens (primary N) is 4. The summed E-state index contributed by atoms with van der Waals surface area (Å²) in [6, 6.07) is 18.3. The number of urea groups is 1. The van der Waals surface area contributed by atoms with E-state index in [-0.39, 0.29) is 6.54 Å². The van der Waals surface area contributed by atoms with Crippen molar-refractivity contribution in [2.75, 3.05) is 10.6 Å². The van der Waals surface area contributed by atoms with Gasteiger partial charge in [-0.1, -0.05) is 30.3 Å². The summed E-state index contributed by atoms with van der Waals surface area (Å²) >= 11 is 0. The highest BCUT2D eigenvalue weighted by molar-refractivity contribution is 6.03. The first-order valence-corrected chi connectivity index (χ1v) is 9.48. The van der Waals surface area contributed by atoms with Crippen molar-refractivity contribution in [1.29, 1.82) is 0 Å². The molecule has 9 N–H and O–H groups in total. The molecule has 1 heterocycles. The third-order valence-corrected chi connectivity index (χ3v) is 5.09. The summed E-state index contributed by atoms with van der Waals surface area (Å²) in [5.74, 6) is 0.427. The van der Waals surface area contributed by atoms with Crippen LogP contribution in [-0.2, 0) is 13.1 Å². The number of rotatable bonds is 5. The summed E-state index contributed by atoms with van der Waals surface area (Å²) < 4.78 is 0. The Hall–Kier alpha value is -3.88. The zero-order valence-electron chi connectivity index (χ0n) is 16.3. The van der Waals surface area contributed by atoms with Crippen molar-refractivity contribution in [3.05, 3.63) is 71.8 Å². The van der Waals surface area contributed by atoms with Gasteiger partial charge in [-0.3, -0.25) is 10.00 Å². The van der Waals surface area contributed by atoms with Gasteiger partial charge in [-0.2, -0.15) is 5.10 Å². The minimum Gasteiger partial charge on any atom is -0.382 e. The molecule has 8 nitrogen and oxygen atoms in total. The number of hydrogen-bond donors (Lipinski definition) is 5. The Bertz CT molecular complexity index is 1230. The van der Waals surface area contributed by atoms with Crippen molar-refractivity contribution in [1.82, 2.24) is 10.2 Å². The molecular formula is C22H23N7O. The number of nitrogens with zero attached hydrogens (tertiary/aromatic N) is 2. The van der Waals surface area contributed by atoms with E-state index in [2.05, 4.69) is 10.2 Å². The maximum Gasteiger partial charge on any atom is 0.323 e. The van der Waals surface area contributed by atoms with Gasteiger partial charge in [0.25, 0.3) is 0 Å². The van der Waals surface area contributed by atoms with Crippen molar-refractivity contribution in [2.45, 2.75) is 13.1 Å². The number of carbonyl (C=O) groups excluding carboxylic acids is 1. The zero-order chi connectivity index (χ0) is 21.3. The molecule has 4 aromatic rings. The second kappa shape index (κ2) is 7.86. The van der Waals surface area contributed by atoms with Gasteiger partial charge in [-0.05, 0) is 52.6 Å². The SMILES string of the molecule is NCc1cccc(N(C(N)=O)c2ccc(-c3cccc4[nH]nc(N)c34)cc2CN)c1. The standard InChI is InChI=1S/C22H23N7O/c23-11-13-3-1-4-16(9-13)29(22(26)30)19-8-7-14(10-15(19)12-24)17-5-2-6-18-20(17)21(25)28-27-18/h1-10H,11-12,23-24H2,(H2,26,30)(H3,25,27,28). The van der Waals surface area contributed by atoms with E-state index in [0.717, 1.165) is 33.2 Å². The van der Waals surface area contributed by atoms with Gasteiger partial charge in [0.05, 0.1) is 22.3 Å². The highest BCUT2D eigenvalue weighted by Gasteiger charge is 2.20. The van der Waals surface area contributed by atoms with Gasteiger partial charge in [-0.25, -0.2) is 4.79 Å². The van der Waals surface area contributed by atoms with Gasteiger partial charge in [-0.15, -0.1) is 0 Å². The number of aromatic nitrogens is 2. The van der Waals surface area contributed by atoms with Crippen LogP contribution >= 0.6 is 0 Å². The lowest BCUT2D eigenvalue weighted by Crippen LogP contribution is -2.32. The molecule has 0 atom stereocenters. The monoisotopic (exact) mass is 401 g/mol. The maximum absolute atomic E-state index is 12.4. The van der Waals surface area contributed by atoms with Crippen LogP contribution in [0, 0.1) is 0 Å².